The van der Waals surface area contributed by atoms with Gasteiger partial charge in [-0.15, -0.1) is 0 Å². The Bertz CT molecular complexity index is 700. The molecule has 0 radical (unpaired) electrons. The zero-order chi connectivity index (χ0) is 26.9. The average Bonchev–Trinajstić information content (AvgIpc) is 3.41. The second-order valence-corrected chi connectivity index (χ2v) is 9.82. The Balaban J connectivity index is -0.000000487. The molecule has 3 heteroatoms. The number of nitrogens with one attached hydrogen (secondary N) is 1. The molecule has 2 aliphatic rings. The van der Waals surface area contributed by atoms with Gasteiger partial charge in [-0.25, -0.2) is 0 Å². The van der Waals surface area contributed by atoms with E-state index >= 15 is 0 Å². The molecule has 35 heavy (non-hydrogen) atoms. The van der Waals surface area contributed by atoms with Crippen molar-refractivity contribution in [2.75, 3.05) is 18.0 Å². The summed E-state index contributed by atoms with van der Waals surface area (Å²) in [5.74, 6) is 0. The van der Waals surface area contributed by atoms with Crippen LogP contribution in [-0.4, -0.2) is 23.3 Å². The summed E-state index contributed by atoms with van der Waals surface area (Å²) in [6.07, 6.45) is 9.02. The lowest BCUT2D eigenvalue weighted by atomic mass is 9.81. The van der Waals surface area contributed by atoms with Crippen LogP contribution in [0.2, 0.25) is 0 Å². The lowest BCUT2D eigenvalue weighted by Gasteiger charge is -2.38. The number of aryl methyl sites for hydroxylation is 2. The Labute approximate surface area is 221 Å². The number of hydrogen-bond donors (Lipinski definition) is 1. The molecule has 0 fully saturated rings. The fourth-order valence-electron chi connectivity index (χ4n) is 3.90. The number of rotatable bonds is 0. The van der Waals surface area contributed by atoms with Gasteiger partial charge in [0, 0.05) is 25.0 Å². The Kier molecular flexibility index (Phi) is 21.0. The zero-order valence-electron chi connectivity index (χ0n) is 25.4. The van der Waals surface area contributed by atoms with E-state index in [1.807, 2.05) is 67.8 Å². The molecule has 0 spiro atoms. The van der Waals surface area contributed by atoms with E-state index in [4.69, 9.17) is 0 Å². The molecule has 1 N–H and O–H groups in total. The summed E-state index contributed by atoms with van der Waals surface area (Å²) in [6.45, 7) is 32.0. The monoisotopic (exact) mass is 490 g/mol. The van der Waals surface area contributed by atoms with Crippen LogP contribution in [0.15, 0.2) is 24.5 Å². The molecular weight excluding hydrogens is 426 g/mol. The van der Waals surface area contributed by atoms with E-state index < -0.39 is 0 Å². The minimum atomic E-state index is 0. The normalized spacial score (nSPS) is 13.0. The van der Waals surface area contributed by atoms with Gasteiger partial charge in [0.2, 0.25) is 0 Å². The van der Waals surface area contributed by atoms with E-state index in [2.05, 4.69) is 68.8 Å². The van der Waals surface area contributed by atoms with Crippen LogP contribution in [0, 0.1) is 0 Å². The van der Waals surface area contributed by atoms with Crippen LogP contribution in [0.25, 0.3) is 0 Å². The van der Waals surface area contributed by atoms with E-state index in [1.54, 1.807) is 16.8 Å². The minimum Gasteiger partial charge on any atom is -0.371 e. The third-order valence-electron chi connectivity index (χ3n) is 5.56. The fourth-order valence-corrected chi connectivity index (χ4v) is 3.90. The molecule has 0 amide bonds. The van der Waals surface area contributed by atoms with Crippen molar-refractivity contribution in [1.29, 1.82) is 0 Å². The van der Waals surface area contributed by atoms with Crippen molar-refractivity contribution in [3.8, 4) is 0 Å². The highest BCUT2D eigenvalue weighted by Gasteiger charge is 2.26. The molecule has 1 aromatic heterocycles. The Morgan fingerprint density at radius 1 is 0.686 bits per heavy atom. The van der Waals surface area contributed by atoms with Gasteiger partial charge >= 0.3 is 0 Å². The molecule has 0 saturated heterocycles. The number of benzene rings is 1. The Morgan fingerprint density at radius 3 is 1.37 bits per heavy atom. The third-order valence-corrected chi connectivity index (χ3v) is 5.56. The van der Waals surface area contributed by atoms with Crippen molar-refractivity contribution in [1.82, 2.24) is 10.2 Å². The second-order valence-electron chi connectivity index (χ2n) is 9.82. The standard InChI is InChI=1S/C16H23N.C7H12N2.4C2H6.CH4/c1-16(2,3)14-10-12-6-4-8-17-9-5-7-13(11-14)15(12)17;1-7(2,3)6-4-8-9-5-6;4*1-2;/h10-11H,4-9H2,1-3H3;4-5H,1-3H3,(H,8,9);4*1-2H3;1H4. The molecule has 1 aromatic carbocycles. The zero-order valence-corrected chi connectivity index (χ0v) is 25.4. The van der Waals surface area contributed by atoms with Gasteiger partial charge in [-0.1, -0.05) is 116 Å². The number of hydrogen-bond acceptors (Lipinski definition) is 2. The van der Waals surface area contributed by atoms with Crippen molar-refractivity contribution in [2.24, 2.45) is 0 Å². The van der Waals surface area contributed by atoms with Gasteiger partial charge in [0.25, 0.3) is 0 Å². The number of nitrogens with zero attached hydrogens (tertiary/aromatic N) is 2. The molecule has 0 aliphatic carbocycles. The summed E-state index contributed by atoms with van der Waals surface area (Å²) in [6, 6.07) is 4.94. The van der Waals surface area contributed by atoms with Crippen molar-refractivity contribution in [3.05, 3.63) is 46.8 Å². The summed E-state index contributed by atoms with van der Waals surface area (Å²) in [7, 11) is 0. The van der Waals surface area contributed by atoms with Crippen LogP contribution in [0.3, 0.4) is 0 Å². The largest absolute Gasteiger partial charge is 0.371 e. The van der Waals surface area contributed by atoms with E-state index in [0.29, 0.717) is 0 Å². The highest BCUT2D eigenvalue weighted by Crippen LogP contribution is 2.38. The number of anilines is 1. The first-order valence-corrected chi connectivity index (χ1v) is 14.1. The third kappa shape index (κ3) is 12.2. The van der Waals surface area contributed by atoms with Gasteiger partial charge in [-0.2, -0.15) is 5.10 Å². The first kappa shape index (κ1) is 37.8. The number of aromatic nitrogens is 2. The Morgan fingerprint density at radius 2 is 1.09 bits per heavy atom. The van der Waals surface area contributed by atoms with Crippen molar-refractivity contribution in [2.45, 2.75) is 141 Å². The van der Waals surface area contributed by atoms with Gasteiger partial charge in [-0.3, -0.25) is 5.10 Å². The SMILES string of the molecule is C.CC.CC.CC.CC.CC(C)(C)c1cc2c3c(c1)CCCN3CCC2.CC(C)(C)c1cn[nH]c1. The van der Waals surface area contributed by atoms with Crippen LogP contribution < -0.4 is 4.90 Å². The van der Waals surface area contributed by atoms with Gasteiger partial charge in [0.15, 0.2) is 0 Å². The smallest absolute Gasteiger partial charge is 0.0524 e. The summed E-state index contributed by atoms with van der Waals surface area (Å²) in [5, 5.41) is 6.65. The van der Waals surface area contributed by atoms with Crippen LogP contribution in [0.1, 0.15) is 139 Å². The van der Waals surface area contributed by atoms with Gasteiger partial charge < -0.3 is 4.90 Å². The molecule has 4 rings (SSSR count). The summed E-state index contributed by atoms with van der Waals surface area (Å²) >= 11 is 0. The topological polar surface area (TPSA) is 31.9 Å². The van der Waals surface area contributed by atoms with Crippen molar-refractivity contribution < 1.29 is 0 Å². The van der Waals surface area contributed by atoms with Gasteiger partial charge in [0.05, 0.1) is 6.20 Å². The van der Waals surface area contributed by atoms with Gasteiger partial charge in [0.1, 0.15) is 0 Å². The Hall–Kier alpha value is -1.77. The molecule has 0 saturated carbocycles. The van der Waals surface area contributed by atoms with Crippen LogP contribution in [0.4, 0.5) is 5.69 Å². The highest BCUT2D eigenvalue weighted by atomic mass is 15.1. The first-order valence-electron chi connectivity index (χ1n) is 14.1. The maximum Gasteiger partial charge on any atom is 0.0524 e. The molecule has 0 atom stereocenters. The van der Waals surface area contributed by atoms with E-state index in [0.717, 1.165) is 0 Å². The molecule has 3 nitrogen and oxygen atoms in total. The second kappa shape index (κ2) is 19.4. The summed E-state index contributed by atoms with van der Waals surface area (Å²) < 4.78 is 0. The summed E-state index contributed by atoms with van der Waals surface area (Å²) in [4.78, 5) is 2.62. The van der Waals surface area contributed by atoms with E-state index in [1.165, 1.54) is 49.9 Å². The maximum absolute atomic E-state index is 3.86. The lowest BCUT2D eigenvalue weighted by Crippen LogP contribution is -2.34. The molecule has 2 aliphatic heterocycles. The lowest BCUT2D eigenvalue weighted by molar-refractivity contribution is 0.580. The van der Waals surface area contributed by atoms with Crippen LogP contribution in [-0.2, 0) is 23.7 Å². The van der Waals surface area contributed by atoms with Crippen molar-refractivity contribution in [3.63, 3.8) is 0 Å². The molecule has 2 aromatic rings. The molecule has 0 bridgehead atoms. The predicted octanol–water partition coefficient (Wildman–Crippen LogP) is 10.1. The fraction of sp³-hybridized carbons (Fsp3) is 0.719. The maximum atomic E-state index is 3.86. The predicted molar refractivity (Wildman–Crippen MR) is 163 cm³/mol. The van der Waals surface area contributed by atoms with Gasteiger partial charge in [-0.05, 0) is 58.8 Å². The quantitative estimate of drug-likeness (QED) is 0.399. The van der Waals surface area contributed by atoms with E-state index in [-0.39, 0.29) is 18.3 Å². The highest BCUT2D eigenvalue weighted by molar-refractivity contribution is 5.64. The number of aromatic amines is 1. The summed E-state index contributed by atoms with van der Waals surface area (Å²) in [5.41, 5.74) is 8.10. The van der Waals surface area contributed by atoms with E-state index in [9.17, 15) is 0 Å². The molecular formula is C32H63N3. The van der Waals surface area contributed by atoms with Crippen LogP contribution >= 0.6 is 0 Å². The number of H-pyrrole nitrogens is 1. The molecule has 206 valence electrons. The minimum absolute atomic E-state index is 0. The van der Waals surface area contributed by atoms with Crippen molar-refractivity contribution >= 4 is 5.69 Å². The van der Waals surface area contributed by atoms with Crippen LogP contribution in [0.5, 0.6) is 0 Å². The molecule has 3 heterocycles. The first-order chi connectivity index (χ1) is 16.2. The molecule has 0 unspecified atom stereocenters. The average molecular weight is 490 g/mol.